The van der Waals surface area contributed by atoms with Crippen molar-refractivity contribution in [2.45, 2.75) is 64.0 Å². The normalized spacial score (nSPS) is 30.4. The van der Waals surface area contributed by atoms with Gasteiger partial charge in [0.15, 0.2) is 0 Å². The molecule has 2 nitrogen and oxygen atoms in total. The Morgan fingerprint density at radius 3 is 2.67 bits per heavy atom. The van der Waals surface area contributed by atoms with Crippen LogP contribution in [0.1, 0.15) is 63.0 Å². The lowest BCUT2D eigenvalue weighted by Crippen LogP contribution is -2.52. The van der Waals surface area contributed by atoms with Gasteiger partial charge < -0.3 is 5.11 Å². The van der Waals surface area contributed by atoms with Crippen molar-refractivity contribution in [2.75, 3.05) is 13.1 Å². The van der Waals surface area contributed by atoms with Crippen LogP contribution in [0.4, 0.5) is 0 Å². The summed E-state index contributed by atoms with van der Waals surface area (Å²) in [7, 11) is 0. The second-order valence-corrected chi connectivity index (χ2v) is 7.43. The molecule has 1 N–H and O–H groups in total. The van der Waals surface area contributed by atoms with E-state index in [1.807, 2.05) is 0 Å². The number of hydrogen-bond donors (Lipinski definition) is 1. The maximum Gasteiger partial charge on any atom is 0.0700 e. The lowest BCUT2D eigenvalue weighted by atomic mass is 9.71. The lowest BCUT2D eigenvalue weighted by Gasteiger charge is -2.47. The molecule has 0 bridgehead atoms. The van der Waals surface area contributed by atoms with Gasteiger partial charge in [0, 0.05) is 25.6 Å². The first-order valence-electron chi connectivity index (χ1n) is 8.60. The second kappa shape index (κ2) is 6.10. The van der Waals surface area contributed by atoms with Gasteiger partial charge in [0.1, 0.15) is 0 Å². The quantitative estimate of drug-likeness (QED) is 0.910. The average Bonchev–Trinajstić information content (AvgIpc) is 2.48. The molecule has 1 heterocycles. The van der Waals surface area contributed by atoms with E-state index < -0.39 is 0 Å². The summed E-state index contributed by atoms with van der Waals surface area (Å²) in [5.41, 5.74) is 2.47. The Kier molecular flexibility index (Phi) is 4.37. The average molecular weight is 287 g/mol. The fourth-order valence-corrected chi connectivity index (χ4v) is 4.05. The van der Waals surface area contributed by atoms with E-state index >= 15 is 0 Å². The van der Waals surface area contributed by atoms with Crippen LogP contribution in [0.2, 0.25) is 0 Å². The van der Waals surface area contributed by atoms with Crippen molar-refractivity contribution in [3.05, 3.63) is 35.4 Å². The van der Waals surface area contributed by atoms with Gasteiger partial charge in [-0.05, 0) is 36.3 Å². The van der Waals surface area contributed by atoms with Crippen LogP contribution in [0.5, 0.6) is 0 Å². The Balaban J connectivity index is 1.61. The van der Waals surface area contributed by atoms with Crippen molar-refractivity contribution in [1.29, 1.82) is 0 Å². The van der Waals surface area contributed by atoms with Gasteiger partial charge in [-0.25, -0.2) is 0 Å². The van der Waals surface area contributed by atoms with Crippen LogP contribution in [0, 0.1) is 5.92 Å². The SMILES string of the molecule is CC(C)c1ccc(CN2CCC3(O)CCCCC3C2)cc1. The summed E-state index contributed by atoms with van der Waals surface area (Å²) >= 11 is 0. The highest BCUT2D eigenvalue weighted by molar-refractivity contribution is 5.24. The van der Waals surface area contributed by atoms with E-state index in [2.05, 4.69) is 43.0 Å². The highest BCUT2D eigenvalue weighted by Crippen LogP contribution is 2.40. The zero-order chi connectivity index (χ0) is 14.9. The summed E-state index contributed by atoms with van der Waals surface area (Å²) in [6.45, 7) is 7.62. The minimum absolute atomic E-state index is 0.351. The Morgan fingerprint density at radius 1 is 1.19 bits per heavy atom. The molecule has 2 heteroatoms. The maximum atomic E-state index is 10.7. The van der Waals surface area contributed by atoms with Crippen LogP contribution < -0.4 is 0 Å². The lowest BCUT2D eigenvalue weighted by molar-refractivity contribution is -0.0967. The number of hydrogen-bond acceptors (Lipinski definition) is 2. The molecule has 0 radical (unpaired) electrons. The van der Waals surface area contributed by atoms with Gasteiger partial charge in [-0.3, -0.25) is 4.90 Å². The Labute approximate surface area is 129 Å². The van der Waals surface area contributed by atoms with Gasteiger partial charge in [0.05, 0.1) is 5.60 Å². The summed E-state index contributed by atoms with van der Waals surface area (Å²) in [5.74, 6) is 1.10. The number of benzene rings is 1. The minimum atomic E-state index is -0.351. The fraction of sp³-hybridized carbons (Fsp3) is 0.684. The Morgan fingerprint density at radius 2 is 1.95 bits per heavy atom. The Bertz CT molecular complexity index is 467. The maximum absolute atomic E-state index is 10.7. The zero-order valence-corrected chi connectivity index (χ0v) is 13.5. The molecular weight excluding hydrogens is 258 g/mol. The van der Waals surface area contributed by atoms with E-state index in [-0.39, 0.29) is 5.60 Å². The molecule has 1 saturated heterocycles. The summed E-state index contributed by atoms with van der Waals surface area (Å²) in [5, 5.41) is 10.7. The molecule has 2 atom stereocenters. The highest BCUT2D eigenvalue weighted by atomic mass is 16.3. The van der Waals surface area contributed by atoms with Crippen LogP contribution >= 0.6 is 0 Å². The number of likely N-dealkylation sites (tertiary alicyclic amines) is 1. The van der Waals surface area contributed by atoms with E-state index in [0.717, 1.165) is 32.5 Å². The van der Waals surface area contributed by atoms with E-state index in [1.165, 1.54) is 30.4 Å². The van der Waals surface area contributed by atoms with Gasteiger partial charge >= 0.3 is 0 Å². The van der Waals surface area contributed by atoms with Crippen molar-refractivity contribution >= 4 is 0 Å². The van der Waals surface area contributed by atoms with E-state index in [0.29, 0.717) is 11.8 Å². The number of rotatable bonds is 3. The molecule has 1 aromatic rings. The van der Waals surface area contributed by atoms with Crippen molar-refractivity contribution in [2.24, 2.45) is 5.92 Å². The minimum Gasteiger partial charge on any atom is -0.390 e. The van der Waals surface area contributed by atoms with Crippen molar-refractivity contribution < 1.29 is 5.11 Å². The first kappa shape index (κ1) is 15.1. The molecule has 0 spiro atoms. The van der Waals surface area contributed by atoms with Gasteiger partial charge in [-0.15, -0.1) is 0 Å². The third kappa shape index (κ3) is 3.32. The van der Waals surface area contributed by atoms with Gasteiger partial charge in [0.2, 0.25) is 0 Å². The summed E-state index contributed by atoms with van der Waals surface area (Å²) in [6.07, 6.45) is 5.70. The molecule has 2 fully saturated rings. The largest absolute Gasteiger partial charge is 0.390 e. The smallest absolute Gasteiger partial charge is 0.0700 e. The monoisotopic (exact) mass is 287 g/mol. The molecule has 2 unspecified atom stereocenters. The molecule has 0 amide bonds. The van der Waals surface area contributed by atoms with Crippen LogP contribution in [0.15, 0.2) is 24.3 Å². The molecule has 116 valence electrons. The van der Waals surface area contributed by atoms with E-state index in [4.69, 9.17) is 0 Å². The summed E-state index contributed by atoms with van der Waals surface area (Å²) in [6, 6.07) is 9.08. The van der Waals surface area contributed by atoms with Crippen LogP contribution in [-0.2, 0) is 6.54 Å². The topological polar surface area (TPSA) is 23.5 Å². The zero-order valence-electron chi connectivity index (χ0n) is 13.5. The number of nitrogens with zero attached hydrogens (tertiary/aromatic N) is 1. The predicted molar refractivity (Wildman–Crippen MR) is 87.3 cm³/mol. The molecular formula is C19H29NO. The predicted octanol–water partition coefficient (Wildman–Crippen LogP) is 3.94. The third-order valence-corrected chi connectivity index (χ3v) is 5.56. The van der Waals surface area contributed by atoms with Crippen molar-refractivity contribution in [3.8, 4) is 0 Å². The molecule has 1 aromatic carbocycles. The molecule has 1 aliphatic heterocycles. The van der Waals surface area contributed by atoms with E-state index in [9.17, 15) is 5.11 Å². The summed E-state index contributed by atoms with van der Waals surface area (Å²) < 4.78 is 0. The molecule has 0 aromatic heterocycles. The first-order chi connectivity index (χ1) is 10.1. The molecule has 1 aliphatic carbocycles. The Hall–Kier alpha value is -0.860. The van der Waals surface area contributed by atoms with Gasteiger partial charge in [0.25, 0.3) is 0 Å². The second-order valence-electron chi connectivity index (χ2n) is 7.43. The standard InChI is InChI=1S/C19H29NO/c1-15(2)17-8-6-16(7-9-17)13-20-12-11-19(21)10-4-3-5-18(19)14-20/h6-9,15,18,21H,3-5,10-14H2,1-2H3. The van der Waals surface area contributed by atoms with Crippen LogP contribution in [0.25, 0.3) is 0 Å². The third-order valence-electron chi connectivity index (χ3n) is 5.56. The molecule has 21 heavy (non-hydrogen) atoms. The van der Waals surface area contributed by atoms with Crippen molar-refractivity contribution in [1.82, 2.24) is 4.90 Å². The van der Waals surface area contributed by atoms with Crippen LogP contribution in [-0.4, -0.2) is 28.7 Å². The number of fused-ring (bicyclic) bond motifs is 1. The number of piperidine rings is 1. The number of aliphatic hydroxyl groups is 1. The van der Waals surface area contributed by atoms with Crippen LogP contribution in [0.3, 0.4) is 0 Å². The first-order valence-corrected chi connectivity index (χ1v) is 8.60. The molecule has 1 saturated carbocycles. The molecule has 2 aliphatic rings. The fourth-order valence-electron chi connectivity index (χ4n) is 4.05. The summed E-state index contributed by atoms with van der Waals surface area (Å²) in [4.78, 5) is 2.54. The van der Waals surface area contributed by atoms with Gasteiger partial charge in [-0.2, -0.15) is 0 Å². The van der Waals surface area contributed by atoms with Crippen molar-refractivity contribution in [3.63, 3.8) is 0 Å². The molecule has 3 rings (SSSR count). The van der Waals surface area contributed by atoms with E-state index in [1.54, 1.807) is 0 Å². The van der Waals surface area contributed by atoms with Gasteiger partial charge in [-0.1, -0.05) is 51.0 Å². The highest BCUT2D eigenvalue weighted by Gasteiger charge is 2.42.